The van der Waals surface area contributed by atoms with E-state index in [4.69, 9.17) is 14.9 Å². The van der Waals surface area contributed by atoms with Crippen molar-refractivity contribution in [3.8, 4) is 11.5 Å². The van der Waals surface area contributed by atoms with Crippen LogP contribution in [0.4, 0.5) is 22.2 Å². The lowest BCUT2D eigenvalue weighted by atomic mass is 10.1. The van der Waals surface area contributed by atoms with E-state index in [2.05, 4.69) is 30.8 Å². The minimum absolute atomic E-state index is 0.0623. The van der Waals surface area contributed by atoms with E-state index in [0.717, 1.165) is 18.4 Å². The maximum atomic E-state index is 12.6. The number of carbonyl (C=O) groups excluding carboxylic acids is 2. The largest absolute Gasteiger partial charge is 0.445 e. The van der Waals surface area contributed by atoms with Gasteiger partial charge in [-0.2, -0.15) is 4.98 Å². The molecule has 1 atom stereocenters. The second kappa shape index (κ2) is 10.6. The van der Waals surface area contributed by atoms with Crippen LogP contribution < -0.4 is 21.3 Å². The van der Waals surface area contributed by atoms with Crippen LogP contribution in [0, 0.1) is 0 Å². The molecule has 4 heterocycles. The first-order valence-corrected chi connectivity index (χ1v) is 11.8. The Hall–Kier alpha value is -4.26. The second-order valence-corrected chi connectivity index (χ2v) is 8.55. The Kier molecular flexibility index (Phi) is 6.89. The monoisotopic (exact) mass is 493 g/mol. The van der Waals surface area contributed by atoms with Crippen LogP contribution in [-0.4, -0.2) is 82.4 Å². The van der Waals surface area contributed by atoms with Gasteiger partial charge in [-0.25, -0.2) is 9.78 Å². The number of ether oxygens (including phenoxy) is 1. The van der Waals surface area contributed by atoms with E-state index in [1.54, 1.807) is 11.1 Å². The molecule has 13 heteroatoms. The molecule has 2 fully saturated rings. The highest BCUT2D eigenvalue weighted by atomic mass is 16.5. The number of nitrogens with two attached hydrogens (primary N) is 1. The molecular weight excluding hydrogens is 466 g/mol. The molecule has 0 saturated carbocycles. The minimum atomic E-state index is -0.741. The average Bonchev–Trinajstić information content (AvgIpc) is 3.45. The van der Waals surface area contributed by atoms with Crippen LogP contribution in [0.5, 0.6) is 0 Å². The number of benzene rings is 1. The molecule has 0 radical (unpaired) electrons. The van der Waals surface area contributed by atoms with Crippen molar-refractivity contribution in [1.82, 2.24) is 30.4 Å². The number of piperidine rings is 1. The van der Waals surface area contributed by atoms with Crippen molar-refractivity contribution in [2.75, 3.05) is 49.6 Å². The molecule has 5 rings (SSSR count). The van der Waals surface area contributed by atoms with E-state index in [1.165, 1.54) is 6.26 Å². The number of hydrogen-bond donors (Lipinski definition) is 3. The van der Waals surface area contributed by atoms with Crippen LogP contribution in [0.3, 0.4) is 0 Å². The Bertz CT molecular complexity index is 1200. The van der Waals surface area contributed by atoms with Gasteiger partial charge in [-0.1, -0.05) is 0 Å². The summed E-state index contributed by atoms with van der Waals surface area (Å²) in [5.74, 6) is 0.320. The normalized spacial score (nSPS) is 18.1. The smallest absolute Gasteiger partial charge is 0.317 e. The van der Waals surface area contributed by atoms with E-state index in [-0.39, 0.29) is 23.6 Å². The minimum Gasteiger partial charge on any atom is -0.445 e. The second-order valence-electron chi connectivity index (χ2n) is 8.55. The van der Waals surface area contributed by atoms with Crippen molar-refractivity contribution in [2.24, 2.45) is 5.73 Å². The van der Waals surface area contributed by atoms with Crippen molar-refractivity contribution in [3.05, 3.63) is 42.4 Å². The lowest BCUT2D eigenvalue weighted by molar-refractivity contribution is 0.0523. The Morgan fingerprint density at radius 1 is 1.08 bits per heavy atom. The highest BCUT2D eigenvalue weighted by molar-refractivity contribution is 5.96. The molecular formula is C23H27N9O4. The van der Waals surface area contributed by atoms with E-state index in [0.29, 0.717) is 56.9 Å². The van der Waals surface area contributed by atoms with Gasteiger partial charge in [0.05, 0.1) is 19.4 Å². The quantitative estimate of drug-likeness (QED) is 0.457. The van der Waals surface area contributed by atoms with E-state index in [9.17, 15) is 9.59 Å². The zero-order valence-corrected chi connectivity index (χ0v) is 19.6. The van der Waals surface area contributed by atoms with E-state index >= 15 is 0 Å². The Labute approximate surface area is 207 Å². The number of oxazole rings is 1. The lowest BCUT2D eigenvalue weighted by Crippen LogP contribution is -2.54. The fourth-order valence-electron chi connectivity index (χ4n) is 4.21. The molecule has 2 aromatic heterocycles. The van der Waals surface area contributed by atoms with Crippen molar-refractivity contribution in [3.63, 3.8) is 0 Å². The Morgan fingerprint density at radius 3 is 2.61 bits per heavy atom. The summed E-state index contributed by atoms with van der Waals surface area (Å²) in [6, 6.07) is 7.13. The van der Waals surface area contributed by atoms with Crippen molar-refractivity contribution < 1.29 is 18.7 Å². The number of carbonyl (C=O) groups is 2. The number of nitrogens with one attached hydrogen (secondary N) is 2. The standard InChI is InChI=1S/C23H27N9O4/c24-19(33)18-20(26-16-5-3-15(4-6-16)21-25-7-11-36-21)28-22(30-29-18)32-8-1-2-17(14-32)27-23(34)31-9-12-35-13-10-31/h3-7,11,17H,1-2,8-10,12-14H2,(H2,24,33)(H,27,34)(H,26,28,30). The average molecular weight is 494 g/mol. The molecule has 4 N–H and O–H groups in total. The van der Waals surface area contributed by atoms with Gasteiger partial charge in [-0.3, -0.25) is 4.79 Å². The van der Waals surface area contributed by atoms with Crippen LogP contribution in [0.25, 0.3) is 11.5 Å². The number of nitrogens with zero attached hydrogens (tertiary/aromatic N) is 6. The molecule has 0 bridgehead atoms. The number of morpholine rings is 1. The van der Waals surface area contributed by atoms with Gasteiger partial charge in [0.1, 0.15) is 6.26 Å². The lowest BCUT2D eigenvalue weighted by Gasteiger charge is -2.35. The number of primary amides is 1. The molecule has 3 amide bonds. The summed E-state index contributed by atoms with van der Waals surface area (Å²) in [4.78, 5) is 37.0. The van der Waals surface area contributed by atoms with Gasteiger partial charge in [-0.15, -0.1) is 10.2 Å². The Morgan fingerprint density at radius 2 is 1.89 bits per heavy atom. The molecule has 1 unspecified atom stereocenters. The van der Waals surface area contributed by atoms with Crippen LogP contribution in [0.15, 0.2) is 41.1 Å². The molecule has 0 aliphatic carbocycles. The maximum absolute atomic E-state index is 12.6. The van der Waals surface area contributed by atoms with Crippen LogP contribution in [-0.2, 0) is 4.74 Å². The highest BCUT2D eigenvalue weighted by Crippen LogP contribution is 2.24. The summed E-state index contributed by atoms with van der Waals surface area (Å²) in [7, 11) is 0. The summed E-state index contributed by atoms with van der Waals surface area (Å²) >= 11 is 0. The van der Waals surface area contributed by atoms with Gasteiger partial charge in [0, 0.05) is 43.5 Å². The third-order valence-electron chi connectivity index (χ3n) is 6.07. The number of urea groups is 1. The number of anilines is 3. The van der Waals surface area contributed by atoms with Crippen molar-refractivity contribution in [1.29, 1.82) is 0 Å². The molecule has 188 valence electrons. The van der Waals surface area contributed by atoms with Gasteiger partial charge < -0.3 is 35.3 Å². The van der Waals surface area contributed by atoms with Crippen LogP contribution >= 0.6 is 0 Å². The number of aromatic nitrogens is 4. The maximum Gasteiger partial charge on any atom is 0.317 e. The summed E-state index contributed by atoms with van der Waals surface area (Å²) < 4.78 is 10.6. The first kappa shape index (κ1) is 23.5. The molecule has 13 nitrogen and oxygen atoms in total. The molecule has 1 aromatic carbocycles. The van der Waals surface area contributed by atoms with Gasteiger partial charge in [0.25, 0.3) is 5.91 Å². The fraction of sp³-hybridized carbons (Fsp3) is 0.391. The fourth-order valence-corrected chi connectivity index (χ4v) is 4.21. The van der Waals surface area contributed by atoms with E-state index < -0.39 is 5.91 Å². The summed E-state index contributed by atoms with van der Waals surface area (Å²) in [6.07, 6.45) is 4.78. The molecule has 36 heavy (non-hydrogen) atoms. The first-order valence-electron chi connectivity index (χ1n) is 11.8. The van der Waals surface area contributed by atoms with Crippen molar-refractivity contribution in [2.45, 2.75) is 18.9 Å². The number of amides is 3. The Balaban J connectivity index is 1.29. The van der Waals surface area contributed by atoms with Gasteiger partial charge in [0.2, 0.25) is 11.8 Å². The predicted octanol–water partition coefficient (Wildman–Crippen LogP) is 1.38. The van der Waals surface area contributed by atoms with Crippen LogP contribution in [0.2, 0.25) is 0 Å². The molecule has 2 aliphatic rings. The SMILES string of the molecule is NC(=O)c1nnc(N2CCCC(NC(=O)N3CCOCC3)C2)nc1Nc1ccc(-c2ncco2)cc1. The van der Waals surface area contributed by atoms with Crippen molar-refractivity contribution >= 4 is 29.4 Å². The van der Waals surface area contributed by atoms with Gasteiger partial charge >= 0.3 is 6.03 Å². The van der Waals surface area contributed by atoms with Gasteiger partial charge in [0.15, 0.2) is 11.5 Å². The summed E-state index contributed by atoms with van der Waals surface area (Å²) in [5, 5.41) is 14.4. The summed E-state index contributed by atoms with van der Waals surface area (Å²) in [5.41, 5.74) is 6.93. The molecule has 3 aromatic rings. The number of rotatable bonds is 6. The van der Waals surface area contributed by atoms with Gasteiger partial charge in [-0.05, 0) is 37.1 Å². The van der Waals surface area contributed by atoms with Crippen LogP contribution in [0.1, 0.15) is 23.3 Å². The predicted molar refractivity (Wildman–Crippen MR) is 130 cm³/mol. The van der Waals surface area contributed by atoms with E-state index in [1.807, 2.05) is 29.2 Å². The molecule has 0 spiro atoms. The summed E-state index contributed by atoms with van der Waals surface area (Å²) in [6.45, 7) is 3.49. The first-order chi connectivity index (χ1) is 17.6. The number of hydrogen-bond acceptors (Lipinski definition) is 10. The highest BCUT2D eigenvalue weighted by Gasteiger charge is 2.27. The third-order valence-corrected chi connectivity index (χ3v) is 6.07. The zero-order chi connectivity index (χ0) is 24.9. The zero-order valence-electron chi connectivity index (χ0n) is 19.6. The molecule has 2 aliphatic heterocycles. The third kappa shape index (κ3) is 5.35. The topological polar surface area (TPSA) is 165 Å². The molecule has 2 saturated heterocycles.